The number of fused-ring (bicyclic) bond motifs is 1. The van der Waals surface area contributed by atoms with Crippen molar-refractivity contribution in [1.29, 1.82) is 0 Å². The van der Waals surface area contributed by atoms with Crippen LogP contribution in [-0.4, -0.2) is 28.4 Å². The first kappa shape index (κ1) is 11.4. The van der Waals surface area contributed by atoms with E-state index in [-0.39, 0.29) is 6.61 Å². The second kappa shape index (κ2) is 4.84. The van der Waals surface area contributed by atoms with E-state index in [2.05, 4.69) is 4.98 Å². The van der Waals surface area contributed by atoms with Crippen molar-refractivity contribution in [1.82, 2.24) is 9.38 Å². The van der Waals surface area contributed by atoms with Crippen LogP contribution in [0.2, 0.25) is 0 Å². The molecular formula is C11H14N4O2. The number of imidazole rings is 1. The Kier molecular flexibility index (Phi) is 3.24. The van der Waals surface area contributed by atoms with Gasteiger partial charge in [0.05, 0.1) is 5.69 Å². The molecule has 0 unspecified atom stereocenters. The lowest BCUT2D eigenvalue weighted by Crippen LogP contribution is -2.20. The minimum Gasteiger partial charge on any atom is -0.480 e. The fourth-order valence-corrected chi connectivity index (χ4v) is 1.57. The summed E-state index contributed by atoms with van der Waals surface area (Å²) in [6.07, 6.45) is 4.45. The molecule has 0 fully saturated rings. The van der Waals surface area contributed by atoms with Gasteiger partial charge in [-0.3, -0.25) is 4.79 Å². The summed E-state index contributed by atoms with van der Waals surface area (Å²) < 4.78 is 7.12. The van der Waals surface area contributed by atoms with Crippen LogP contribution >= 0.6 is 0 Å². The van der Waals surface area contributed by atoms with E-state index in [0.717, 1.165) is 5.69 Å². The number of amides is 1. The predicted octanol–water partition coefficient (Wildman–Crippen LogP) is -0.300. The summed E-state index contributed by atoms with van der Waals surface area (Å²) in [5.74, 6) is 0.0234. The van der Waals surface area contributed by atoms with E-state index < -0.39 is 5.91 Å². The zero-order chi connectivity index (χ0) is 12.3. The molecule has 4 N–H and O–H groups in total. The van der Waals surface area contributed by atoms with Gasteiger partial charge < -0.3 is 20.6 Å². The lowest BCUT2D eigenvalue weighted by molar-refractivity contribution is -0.119. The lowest BCUT2D eigenvalue weighted by atomic mass is 10.3. The van der Waals surface area contributed by atoms with Crippen molar-refractivity contribution in [2.45, 2.75) is 6.42 Å². The van der Waals surface area contributed by atoms with Crippen LogP contribution in [0, 0.1) is 0 Å². The highest BCUT2D eigenvalue weighted by atomic mass is 16.5. The Morgan fingerprint density at radius 3 is 3.06 bits per heavy atom. The largest absolute Gasteiger partial charge is 0.480 e. The van der Waals surface area contributed by atoms with E-state index in [9.17, 15) is 4.79 Å². The summed E-state index contributed by atoms with van der Waals surface area (Å²) in [5, 5.41) is 0. The minimum atomic E-state index is -0.513. The molecule has 0 aliphatic rings. The van der Waals surface area contributed by atoms with E-state index in [1.165, 1.54) is 0 Å². The number of carbonyl (C=O) groups is 1. The first-order chi connectivity index (χ1) is 8.20. The molecule has 0 atom stereocenters. The van der Waals surface area contributed by atoms with Gasteiger partial charge in [-0.1, -0.05) is 0 Å². The van der Waals surface area contributed by atoms with Gasteiger partial charge in [-0.15, -0.1) is 0 Å². The molecule has 6 nitrogen and oxygen atoms in total. The molecule has 0 aliphatic carbocycles. The van der Waals surface area contributed by atoms with Gasteiger partial charge in [-0.25, -0.2) is 4.98 Å². The molecule has 0 aliphatic heterocycles. The van der Waals surface area contributed by atoms with Crippen molar-refractivity contribution in [2.75, 3.05) is 13.2 Å². The Balaban J connectivity index is 2.31. The quantitative estimate of drug-likeness (QED) is 0.742. The van der Waals surface area contributed by atoms with Crippen LogP contribution in [0.15, 0.2) is 24.5 Å². The molecule has 17 heavy (non-hydrogen) atoms. The van der Waals surface area contributed by atoms with E-state index in [1.54, 1.807) is 6.07 Å². The smallest absolute Gasteiger partial charge is 0.255 e. The molecule has 0 bridgehead atoms. The number of carbonyl (C=O) groups excluding carboxylic acids is 1. The third-order valence-electron chi connectivity index (χ3n) is 2.27. The molecule has 0 saturated heterocycles. The Morgan fingerprint density at radius 2 is 2.35 bits per heavy atom. The highest BCUT2D eigenvalue weighted by Gasteiger charge is 2.07. The Labute approximate surface area is 98.2 Å². The van der Waals surface area contributed by atoms with E-state index >= 15 is 0 Å². The van der Waals surface area contributed by atoms with Gasteiger partial charge in [-0.05, 0) is 18.7 Å². The number of hydrogen-bond acceptors (Lipinski definition) is 4. The normalized spacial score (nSPS) is 10.6. The van der Waals surface area contributed by atoms with Crippen molar-refractivity contribution >= 4 is 11.6 Å². The van der Waals surface area contributed by atoms with Crippen LogP contribution in [0.25, 0.3) is 5.65 Å². The van der Waals surface area contributed by atoms with Crippen LogP contribution < -0.4 is 16.2 Å². The summed E-state index contributed by atoms with van der Waals surface area (Å²) >= 11 is 0. The summed E-state index contributed by atoms with van der Waals surface area (Å²) in [5.41, 5.74) is 12.1. The zero-order valence-electron chi connectivity index (χ0n) is 9.30. The number of aromatic nitrogens is 2. The Bertz CT molecular complexity index is 535. The van der Waals surface area contributed by atoms with Crippen LogP contribution in [0.1, 0.15) is 5.69 Å². The van der Waals surface area contributed by atoms with Crippen molar-refractivity contribution < 1.29 is 9.53 Å². The minimum absolute atomic E-state index is 0.154. The van der Waals surface area contributed by atoms with Crippen molar-refractivity contribution in [3.05, 3.63) is 30.2 Å². The molecule has 2 heterocycles. The maximum Gasteiger partial charge on any atom is 0.255 e. The van der Waals surface area contributed by atoms with E-state index in [4.69, 9.17) is 16.2 Å². The number of hydrogen-bond donors (Lipinski definition) is 2. The molecule has 0 radical (unpaired) electrons. The third kappa shape index (κ3) is 2.54. The average molecular weight is 234 g/mol. The summed E-state index contributed by atoms with van der Waals surface area (Å²) in [6.45, 7) is 0.389. The summed E-state index contributed by atoms with van der Waals surface area (Å²) in [6, 6.07) is 3.56. The lowest BCUT2D eigenvalue weighted by Gasteiger charge is -2.04. The fraction of sp³-hybridized carbons (Fsp3) is 0.273. The number of nitrogens with zero attached hydrogens (tertiary/aromatic N) is 2. The van der Waals surface area contributed by atoms with E-state index in [1.807, 2.05) is 22.9 Å². The Morgan fingerprint density at radius 1 is 1.53 bits per heavy atom. The number of rotatable bonds is 5. The van der Waals surface area contributed by atoms with Gasteiger partial charge in [0.15, 0.2) is 18.0 Å². The topological polar surface area (TPSA) is 95.6 Å². The number of nitrogens with two attached hydrogens (primary N) is 2. The maximum atomic E-state index is 10.7. The van der Waals surface area contributed by atoms with Gasteiger partial charge in [0.2, 0.25) is 0 Å². The zero-order valence-corrected chi connectivity index (χ0v) is 9.30. The standard InChI is InChI=1S/C11H14N4O2/c12-4-3-8-6-15-5-1-2-9(11(15)14-8)17-7-10(13)16/h1-2,5-6H,3-4,7,12H2,(H2,13,16). The second-order valence-corrected chi connectivity index (χ2v) is 3.63. The van der Waals surface area contributed by atoms with Crippen LogP contribution in [0.3, 0.4) is 0 Å². The fourth-order valence-electron chi connectivity index (χ4n) is 1.57. The number of ether oxygens (including phenoxy) is 1. The van der Waals surface area contributed by atoms with Crippen molar-refractivity contribution in [3.8, 4) is 5.75 Å². The van der Waals surface area contributed by atoms with Gasteiger partial charge >= 0.3 is 0 Å². The van der Waals surface area contributed by atoms with Gasteiger partial charge in [0.25, 0.3) is 5.91 Å². The van der Waals surface area contributed by atoms with Crippen LogP contribution in [-0.2, 0) is 11.2 Å². The highest BCUT2D eigenvalue weighted by Crippen LogP contribution is 2.18. The SMILES string of the molecule is NCCc1cn2cccc(OCC(N)=O)c2n1. The van der Waals surface area contributed by atoms with Crippen LogP contribution in [0.5, 0.6) is 5.75 Å². The first-order valence-corrected chi connectivity index (χ1v) is 5.28. The van der Waals surface area contributed by atoms with Gasteiger partial charge in [0, 0.05) is 18.8 Å². The maximum absolute atomic E-state index is 10.7. The van der Waals surface area contributed by atoms with Gasteiger partial charge in [-0.2, -0.15) is 0 Å². The molecule has 1 amide bonds. The third-order valence-corrected chi connectivity index (χ3v) is 2.27. The monoisotopic (exact) mass is 234 g/mol. The molecule has 0 aromatic carbocycles. The average Bonchev–Trinajstić information content (AvgIpc) is 2.69. The molecule has 2 aromatic rings. The molecule has 0 spiro atoms. The molecule has 0 saturated carbocycles. The second-order valence-electron chi connectivity index (χ2n) is 3.63. The molecule has 2 aromatic heterocycles. The predicted molar refractivity (Wildman–Crippen MR) is 62.6 cm³/mol. The van der Waals surface area contributed by atoms with E-state index in [0.29, 0.717) is 24.4 Å². The number of primary amides is 1. The molecule has 2 rings (SSSR count). The first-order valence-electron chi connectivity index (χ1n) is 5.28. The van der Waals surface area contributed by atoms with Crippen LogP contribution in [0.4, 0.5) is 0 Å². The summed E-state index contributed by atoms with van der Waals surface area (Å²) in [7, 11) is 0. The van der Waals surface area contributed by atoms with Crippen molar-refractivity contribution in [3.63, 3.8) is 0 Å². The van der Waals surface area contributed by atoms with Gasteiger partial charge in [0.1, 0.15) is 0 Å². The molecular weight excluding hydrogens is 220 g/mol. The number of pyridine rings is 1. The summed E-state index contributed by atoms with van der Waals surface area (Å²) in [4.78, 5) is 15.1. The Hall–Kier alpha value is -2.08. The molecule has 90 valence electrons. The highest BCUT2D eigenvalue weighted by molar-refractivity contribution is 5.75. The molecule has 6 heteroatoms. The van der Waals surface area contributed by atoms with Crippen molar-refractivity contribution in [2.24, 2.45) is 11.5 Å².